The van der Waals surface area contributed by atoms with Crippen molar-refractivity contribution < 1.29 is 14.4 Å². The number of rotatable bonds is 4. The van der Waals surface area contributed by atoms with Gasteiger partial charge in [-0.25, -0.2) is 0 Å². The summed E-state index contributed by atoms with van der Waals surface area (Å²) in [7, 11) is 0. The third kappa shape index (κ3) is 4.43. The van der Waals surface area contributed by atoms with Crippen LogP contribution in [0.1, 0.15) is 30.4 Å². The van der Waals surface area contributed by atoms with E-state index in [1.807, 2.05) is 58.8 Å². The topological polar surface area (TPSA) is 69.7 Å². The Hall–Kier alpha value is -3.97. The van der Waals surface area contributed by atoms with Crippen molar-refractivity contribution in [1.82, 2.24) is 9.80 Å². The maximum Gasteiger partial charge on any atom is 0.265 e. The van der Waals surface area contributed by atoms with E-state index in [0.29, 0.717) is 47.9 Å². The molecule has 7 heteroatoms. The molecule has 0 unspecified atom stereocenters. The molecule has 0 atom stereocenters. The molecule has 34 heavy (non-hydrogen) atoms. The number of fused-ring (bicyclic) bond motifs is 1. The van der Waals surface area contributed by atoms with Crippen LogP contribution in [-0.4, -0.2) is 53.7 Å². The molecule has 0 saturated carbocycles. The SMILES string of the molecule is O=C(Nc1ccc(C(=O)N2CCN(C(=O)c3cccc4ccccc34)CC2)cc1)c1cccs1. The van der Waals surface area contributed by atoms with E-state index in [2.05, 4.69) is 5.32 Å². The van der Waals surface area contributed by atoms with Gasteiger partial charge in [-0.15, -0.1) is 11.3 Å². The molecule has 1 fully saturated rings. The minimum absolute atomic E-state index is 0.00488. The summed E-state index contributed by atoms with van der Waals surface area (Å²) in [4.78, 5) is 42.6. The highest BCUT2D eigenvalue weighted by Crippen LogP contribution is 2.21. The number of anilines is 1. The van der Waals surface area contributed by atoms with Crippen molar-refractivity contribution in [3.05, 3.63) is 100 Å². The fourth-order valence-corrected chi connectivity index (χ4v) is 4.79. The summed E-state index contributed by atoms with van der Waals surface area (Å²) >= 11 is 1.38. The van der Waals surface area contributed by atoms with Crippen molar-refractivity contribution in [3.8, 4) is 0 Å². The molecule has 2 heterocycles. The van der Waals surface area contributed by atoms with Crippen molar-refractivity contribution in [1.29, 1.82) is 0 Å². The Kier molecular flexibility index (Phi) is 6.10. The number of nitrogens with zero attached hydrogens (tertiary/aromatic N) is 2. The van der Waals surface area contributed by atoms with Crippen LogP contribution < -0.4 is 5.32 Å². The van der Waals surface area contributed by atoms with Gasteiger partial charge in [-0.1, -0.05) is 42.5 Å². The van der Waals surface area contributed by atoms with Crippen LogP contribution in [0.4, 0.5) is 5.69 Å². The Bertz CT molecular complexity index is 1340. The van der Waals surface area contributed by atoms with Gasteiger partial charge in [-0.3, -0.25) is 14.4 Å². The van der Waals surface area contributed by atoms with E-state index in [9.17, 15) is 14.4 Å². The van der Waals surface area contributed by atoms with Gasteiger partial charge in [0.15, 0.2) is 0 Å². The summed E-state index contributed by atoms with van der Waals surface area (Å²) in [6.45, 7) is 1.93. The van der Waals surface area contributed by atoms with Crippen LogP contribution in [0.25, 0.3) is 10.8 Å². The van der Waals surface area contributed by atoms with E-state index in [-0.39, 0.29) is 17.7 Å². The average Bonchev–Trinajstić information content (AvgIpc) is 3.43. The number of hydrogen-bond acceptors (Lipinski definition) is 4. The highest BCUT2D eigenvalue weighted by atomic mass is 32.1. The van der Waals surface area contributed by atoms with Gasteiger partial charge in [-0.2, -0.15) is 0 Å². The summed E-state index contributed by atoms with van der Waals surface area (Å²) in [5.41, 5.74) is 1.89. The number of thiophene rings is 1. The van der Waals surface area contributed by atoms with Gasteiger partial charge < -0.3 is 15.1 Å². The first kappa shape index (κ1) is 21.9. The van der Waals surface area contributed by atoms with Crippen LogP contribution in [0.5, 0.6) is 0 Å². The molecule has 3 aromatic carbocycles. The van der Waals surface area contributed by atoms with Crippen molar-refractivity contribution in [2.24, 2.45) is 0 Å². The summed E-state index contributed by atoms with van der Waals surface area (Å²) < 4.78 is 0. The van der Waals surface area contributed by atoms with E-state index >= 15 is 0 Å². The van der Waals surface area contributed by atoms with Crippen molar-refractivity contribution in [3.63, 3.8) is 0 Å². The summed E-state index contributed by atoms with van der Waals surface area (Å²) in [5.74, 6) is -0.246. The normalized spacial score (nSPS) is 13.6. The lowest BCUT2D eigenvalue weighted by Crippen LogP contribution is -2.50. The van der Waals surface area contributed by atoms with E-state index in [1.54, 1.807) is 35.2 Å². The largest absolute Gasteiger partial charge is 0.335 e. The van der Waals surface area contributed by atoms with Crippen molar-refractivity contribution in [2.75, 3.05) is 31.5 Å². The Morgan fingerprint density at radius 2 is 1.38 bits per heavy atom. The predicted octanol–water partition coefficient (Wildman–Crippen LogP) is 4.75. The second kappa shape index (κ2) is 9.49. The molecule has 0 aliphatic carbocycles. The fourth-order valence-electron chi connectivity index (χ4n) is 4.17. The molecule has 1 N–H and O–H groups in total. The van der Waals surface area contributed by atoms with Crippen molar-refractivity contribution in [2.45, 2.75) is 0 Å². The average molecular weight is 470 g/mol. The fraction of sp³-hybridized carbons (Fsp3) is 0.148. The van der Waals surface area contributed by atoms with Gasteiger partial charge in [0.25, 0.3) is 17.7 Å². The molecule has 0 spiro atoms. The van der Waals surface area contributed by atoms with Gasteiger partial charge in [0, 0.05) is 43.0 Å². The monoisotopic (exact) mass is 469 g/mol. The van der Waals surface area contributed by atoms with E-state index < -0.39 is 0 Å². The summed E-state index contributed by atoms with van der Waals surface area (Å²) in [5, 5.41) is 6.68. The zero-order chi connectivity index (χ0) is 23.5. The number of benzene rings is 3. The van der Waals surface area contributed by atoms with Gasteiger partial charge in [-0.05, 0) is 52.6 Å². The van der Waals surface area contributed by atoms with Gasteiger partial charge in [0.05, 0.1) is 4.88 Å². The third-order valence-electron chi connectivity index (χ3n) is 6.01. The maximum atomic E-state index is 13.2. The van der Waals surface area contributed by atoms with Crippen LogP contribution in [0, 0.1) is 0 Å². The van der Waals surface area contributed by atoms with Crippen LogP contribution in [0.2, 0.25) is 0 Å². The van der Waals surface area contributed by atoms with Crippen LogP contribution in [0.3, 0.4) is 0 Å². The van der Waals surface area contributed by atoms with Crippen molar-refractivity contribution >= 4 is 45.5 Å². The smallest absolute Gasteiger partial charge is 0.265 e. The molecular formula is C27H23N3O3S. The Labute approximate surface area is 201 Å². The lowest BCUT2D eigenvalue weighted by molar-refractivity contribution is 0.0536. The minimum atomic E-state index is -0.166. The quantitative estimate of drug-likeness (QED) is 0.469. The Morgan fingerprint density at radius 1 is 0.706 bits per heavy atom. The molecule has 0 radical (unpaired) electrons. The molecule has 6 nitrogen and oxygen atoms in total. The lowest BCUT2D eigenvalue weighted by atomic mass is 10.0. The predicted molar refractivity (Wildman–Crippen MR) is 134 cm³/mol. The number of nitrogens with one attached hydrogen (secondary N) is 1. The molecular weight excluding hydrogens is 446 g/mol. The molecule has 1 aliphatic rings. The van der Waals surface area contributed by atoms with E-state index in [4.69, 9.17) is 0 Å². The molecule has 4 aromatic rings. The molecule has 1 saturated heterocycles. The molecule has 3 amide bonds. The van der Waals surface area contributed by atoms with Crippen LogP contribution in [-0.2, 0) is 0 Å². The number of amides is 3. The lowest BCUT2D eigenvalue weighted by Gasteiger charge is -2.35. The molecule has 5 rings (SSSR count). The minimum Gasteiger partial charge on any atom is -0.335 e. The summed E-state index contributed by atoms with van der Waals surface area (Å²) in [6.07, 6.45) is 0. The highest BCUT2D eigenvalue weighted by Gasteiger charge is 2.26. The number of carbonyl (C=O) groups excluding carboxylic acids is 3. The zero-order valence-electron chi connectivity index (χ0n) is 18.4. The third-order valence-corrected chi connectivity index (χ3v) is 6.88. The first-order valence-corrected chi connectivity index (χ1v) is 12.0. The van der Waals surface area contributed by atoms with Crippen LogP contribution >= 0.6 is 11.3 Å². The van der Waals surface area contributed by atoms with E-state index in [0.717, 1.165) is 10.8 Å². The number of piperazine rings is 1. The second-order valence-corrected chi connectivity index (χ2v) is 9.07. The summed E-state index contributed by atoms with van der Waals surface area (Å²) in [6, 6.07) is 24.2. The second-order valence-electron chi connectivity index (χ2n) is 8.12. The maximum absolute atomic E-state index is 13.2. The Balaban J connectivity index is 1.20. The Morgan fingerprint density at radius 3 is 2.09 bits per heavy atom. The first-order valence-electron chi connectivity index (χ1n) is 11.1. The highest BCUT2D eigenvalue weighted by molar-refractivity contribution is 7.12. The molecule has 1 aliphatic heterocycles. The number of hydrogen-bond donors (Lipinski definition) is 1. The van der Waals surface area contributed by atoms with E-state index in [1.165, 1.54) is 11.3 Å². The molecule has 0 bridgehead atoms. The molecule has 1 aromatic heterocycles. The zero-order valence-corrected chi connectivity index (χ0v) is 19.3. The first-order chi connectivity index (χ1) is 16.6. The van der Waals surface area contributed by atoms with Gasteiger partial charge >= 0.3 is 0 Å². The van der Waals surface area contributed by atoms with Gasteiger partial charge in [0.2, 0.25) is 0 Å². The van der Waals surface area contributed by atoms with Gasteiger partial charge in [0.1, 0.15) is 0 Å². The van der Waals surface area contributed by atoms with Crippen LogP contribution in [0.15, 0.2) is 84.2 Å². The molecule has 170 valence electrons. The standard InChI is InChI=1S/C27H23N3O3S/c31-25(24-9-4-18-34-24)28-21-12-10-20(11-13-21)26(32)29-14-16-30(17-15-29)27(33)23-8-3-6-19-5-1-2-7-22(19)23/h1-13,18H,14-17H2,(H,28,31). The number of carbonyl (C=O) groups is 3.